The van der Waals surface area contributed by atoms with Gasteiger partial charge in [-0.2, -0.15) is 0 Å². The number of ether oxygens (including phenoxy) is 1. The summed E-state index contributed by atoms with van der Waals surface area (Å²) in [4.78, 5) is 23.2. The molecule has 0 bridgehead atoms. The van der Waals surface area contributed by atoms with Crippen LogP contribution in [0, 0.1) is 0 Å². The number of anilines is 1. The minimum atomic E-state index is -0.446. The highest BCUT2D eigenvalue weighted by Crippen LogP contribution is 2.17. The Morgan fingerprint density at radius 3 is 2.43 bits per heavy atom. The lowest BCUT2D eigenvalue weighted by atomic mass is 10.3. The summed E-state index contributed by atoms with van der Waals surface area (Å²) >= 11 is 3.31. The molecular weight excluding hydrogens is 362 g/mol. The number of hydrazine groups is 1. The molecule has 3 N–H and O–H groups in total. The Hall–Kier alpha value is -2.54. The molecule has 2 aromatic carbocycles. The van der Waals surface area contributed by atoms with Gasteiger partial charge >= 0.3 is 0 Å². The minimum absolute atomic E-state index is 0.0524. The molecule has 0 saturated heterocycles. The highest BCUT2D eigenvalue weighted by molar-refractivity contribution is 9.10. The van der Waals surface area contributed by atoms with E-state index >= 15 is 0 Å². The topological polar surface area (TPSA) is 79.5 Å². The fourth-order valence-corrected chi connectivity index (χ4v) is 2.04. The SMILES string of the molecule is O=C(CNc1ccccc1)NNC(=O)COc1cccc(Br)c1. The van der Waals surface area contributed by atoms with Gasteiger partial charge in [-0.25, -0.2) is 0 Å². The zero-order valence-electron chi connectivity index (χ0n) is 12.2. The van der Waals surface area contributed by atoms with Crippen LogP contribution in [0.15, 0.2) is 59.1 Å². The van der Waals surface area contributed by atoms with Crippen molar-refractivity contribution in [1.29, 1.82) is 0 Å². The summed E-state index contributed by atoms with van der Waals surface area (Å²) in [5.41, 5.74) is 5.42. The largest absolute Gasteiger partial charge is 0.484 e. The summed E-state index contributed by atoms with van der Waals surface area (Å²) in [5, 5.41) is 2.93. The molecule has 0 atom stereocenters. The van der Waals surface area contributed by atoms with Gasteiger partial charge in [-0.1, -0.05) is 40.2 Å². The van der Waals surface area contributed by atoms with E-state index in [1.54, 1.807) is 18.2 Å². The van der Waals surface area contributed by atoms with Gasteiger partial charge in [0.2, 0.25) is 0 Å². The summed E-state index contributed by atoms with van der Waals surface area (Å²) in [5.74, 6) is -0.241. The van der Waals surface area contributed by atoms with E-state index in [-0.39, 0.29) is 19.1 Å². The Morgan fingerprint density at radius 2 is 1.70 bits per heavy atom. The molecule has 0 aromatic heterocycles. The number of amides is 2. The van der Waals surface area contributed by atoms with Gasteiger partial charge in [-0.15, -0.1) is 0 Å². The van der Waals surface area contributed by atoms with Crippen LogP contribution in [0.4, 0.5) is 5.69 Å². The van der Waals surface area contributed by atoms with Crippen molar-refractivity contribution >= 4 is 33.4 Å². The molecule has 0 heterocycles. The van der Waals surface area contributed by atoms with E-state index in [1.165, 1.54) is 0 Å². The fourth-order valence-electron chi connectivity index (χ4n) is 1.66. The number of carbonyl (C=O) groups excluding carboxylic acids is 2. The number of hydrogen-bond donors (Lipinski definition) is 3. The molecular formula is C16H16BrN3O3. The number of halogens is 1. The molecule has 0 aliphatic heterocycles. The lowest BCUT2D eigenvalue weighted by Gasteiger charge is -2.10. The molecule has 2 amide bonds. The molecule has 0 fully saturated rings. The Balaban J connectivity index is 1.64. The number of para-hydroxylation sites is 1. The van der Waals surface area contributed by atoms with Crippen molar-refractivity contribution in [3.05, 3.63) is 59.1 Å². The summed E-state index contributed by atoms with van der Waals surface area (Å²) in [6.45, 7) is -0.139. The predicted molar refractivity (Wildman–Crippen MR) is 90.9 cm³/mol. The van der Waals surface area contributed by atoms with Crippen molar-refractivity contribution in [3.8, 4) is 5.75 Å². The van der Waals surface area contributed by atoms with Gasteiger partial charge in [0.1, 0.15) is 5.75 Å². The highest BCUT2D eigenvalue weighted by atomic mass is 79.9. The molecule has 0 spiro atoms. The molecule has 6 nitrogen and oxygen atoms in total. The number of nitrogens with one attached hydrogen (secondary N) is 3. The van der Waals surface area contributed by atoms with E-state index in [2.05, 4.69) is 32.1 Å². The van der Waals surface area contributed by atoms with E-state index in [0.29, 0.717) is 5.75 Å². The quantitative estimate of drug-likeness (QED) is 0.673. The van der Waals surface area contributed by atoms with E-state index in [1.807, 2.05) is 36.4 Å². The van der Waals surface area contributed by atoms with Crippen LogP contribution in [0.25, 0.3) is 0 Å². The fraction of sp³-hybridized carbons (Fsp3) is 0.125. The van der Waals surface area contributed by atoms with Crippen LogP contribution in [-0.2, 0) is 9.59 Å². The van der Waals surface area contributed by atoms with Crippen molar-refractivity contribution in [2.75, 3.05) is 18.5 Å². The number of hydrogen-bond acceptors (Lipinski definition) is 4. The molecule has 0 aliphatic rings. The average molecular weight is 378 g/mol. The van der Waals surface area contributed by atoms with E-state index in [4.69, 9.17) is 4.74 Å². The lowest BCUT2D eigenvalue weighted by Crippen LogP contribution is -2.45. The van der Waals surface area contributed by atoms with Crippen LogP contribution >= 0.6 is 15.9 Å². The number of carbonyl (C=O) groups is 2. The molecule has 0 unspecified atom stereocenters. The van der Waals surface area contributed by atoms with Crippen LogP contribution in [0.3, 0.4) is 0 Å². The second-order valence-electron chi connectivity index (χ2n) is 4.56. The first-order valence-corrected chi connectivity index (χ1v) is 7.68. The van der Waals surface area contributed by atoms with Crippen LogP contribution in [-0.4, -0.2) is 25.0 Å². The summed E-state index contributed by atoms with van der Waals surface area (Å²) in [7, 11) is 0. The van der Waals surface area contributed by atoms with E-state index in [9.17, 15) is 9.59 Å². The number of rotatable bonds is 6. The second kappa shape index (κ2) is 8.79. The van der Waals surface area contributed by atoms with Crippen molar-refractivity contribution in [2.24, 2.45) is 0 Å². The summed E-state index contributed by atoms with van der Waals surface area (Å²) in [6, 6.07) is 16.4. The Kier molecular flexibility index (Phi) is 6.43. The van der Waals surface area contributed by atoms with Crippen LogP contribution in [0.2, 0.25) is 0 Å². The molecule has 2 aromatic rings. The summed E-state index contributed by atoms with van der Waals surface area (Å²) in [6.07, 6.45) is 0. The highest BCUT2D eigenvalue weighted by Gasteiger charge is 2.05. The van der Waals surface area contributed by atoms with Crippen LogP contribution in [0.5, 0.6) is 5.75 Å². The Morgan fingerprint density at radius 1 is 0.957 bits per heavy atom. The van der Waals surface area contributed by atoms with Gasteiger partial charge in [0, 0.05) is 10.2 Å². The van der Waals surface area contributed by atoms with Gasteiger partial charge in [0.05, 0.1) is 6.54 Å². The lowest BCUT2D eigenvalue weighted by molar-refractivity contribution is -0.129. The summed E-state index contributed by atoms with van der Waals surface area (Å²) < 4.78 is 6.16. The minimum Gasteiger partial charge on any atom is -0.484 e. The molecule has 23 heavy (non-hydrogen) atoms. The zero-order valence-corrected chi connectivity index (χ0v) is 13.8. The monoisotopic (exact) mass is 377 g/mol. The third-order valence-electron chi connectivity index (χ3n) is 2.73. The van der Waals surface area contributed by atoms with E-state index < -0.39 is 5.91 Å². The van der Waals surface area contributed by atoms with Gasteiger partial charge in [-0.05, 0) is 30.3 Å². The maximum absolute atomic E-state index is 11.6. The maximum Gasteiger partial charge on any atom is 0.276 e. The maximum atomic E-state index is 11.6. The second-order valence-corrected chi connectivity index (χ2v) is 5.48. The molecule has 0 radical (unpaired) electrons. The van der Waals surface area contributed by atoms with Gasteiger partial charge in [-0.3, -0.25) is 20.4 Å². The third-order valence-corrected chi connectivity index (χ3v) is 3.23. The van der Waals surface area contributed by atoms with Gasteiger partial charge < -0.3 is 10.1 Å². The normalized spacial score (nSPS) is 9.78. The smallest absolute Gasteiger partial charge is 0.276 e. The standard InChI is InChI=1S/C16H16BrN3O3/c17-12-5-4-8-14(9-12)23-11-16(22)20-19-15(21)10-18-13-6-2-1-3-7-13/h1-9,18H,10-11H2,(H,19,21)(H,20,22). The number of benzene rings is 2. The zero-order chi connectivity index (χ0) is 16.5. The van der Waals surface area contributed by atoms with Crippen molar-refractivity contribution < 1.29 is 14.3 Å². The Labute approximate surface area is 142 Å². The van der Waals surface area contributed by atoms with Gasteiger partial charge in [0.15, 0.2) is 6.61 Å². The van der Waals surface area contributed by atoms with Crippen LogP contribution in [0.1, 0.15) is 0 Å². The van der Waals surface area contributed by atoms with Crippen LogP contribution < -0.4 is 20.9 Å². The van der Waals surface area contributed by atoms with Crippen molar-refractivity contribution in [1.82, 2.24) is 10.9 Å². The van der Waals surface area contributed by atoms with Gasteiger partial charge in [0.25, 0.3) is 11.8 Å². The molecule has 120 valence electrons. The molecule has 0 saturated carbocycles. The average Bonchev–Trinajstić information content (AvgIpc) is 2.57. The first kappa shape index (κ1) is 16.8. The predicted octanol–water partition coefficient (Wildman–Crippen LogP) is 2.09. The molecule has 2 rings (SSSR count). The molecule has 7 heteroatoms. The first-order valence-electron chi connectivity index (χ1n) is 6.88. The van der Waals surface area contributed by atoms with E-state index in [0.717, 1.165) is 10.2 Å². The van der Waals surface area contributed by atoms with Crippen molar-refractivity contribution in [2.45, 2.75) is 0 Å². The van der Waals surface area contributed by atoms with Crippen molar-refractivity contribution in [3.63, 3.8) is 0 Å². The first-order chi connectivity index (χ1) is 11.1. The third kappa shape index (κ3) is 6.39. The molecule has 0 aliphatic carbocycles. The Bertz CT molecular complexity index is 665.